The van der Waals surface area contributed by atoms with Gasteiger partial charge >= 0.3 is 0 Å². The zero-order chi connectivity index (χ0) is 15.9. The summed E-state index contributed by atoms with van der Waals surface area (Å²) in [5.74, 6) is 0.138. The number of rotatable bonds is 6. The van der Waals surface area contributed by atoms with Crippen molar-refractivity contribution in [1.29, 1.82) is 0 Å². The van der Waals surface area contributed by atoms with E-state index in [-0.39, 0.29) is 5.78 Å². The van der Waals surface area contributed by atoms with Crippen LogP contribution in [0.5, 0.6) is 0 Å². The summed E-state index contributed by atoms with van der Waals surface area (Å²) in [7, 11) is 0. The fourth-order valence-electron chi connectivity index (χ4n) is 2.49. The Morgan fingerprint density at radius 2 is 1.59 bits per heavy atom. The van der Waals surface area contributed by atoms with Crippen molar-refractivity contribution in [1.82, 2.24) is 0 Å². The molecule has 0 saturated carbocycles. The zero-order valence-electron chi connectivity index (χ0n) is 13.6. The molecule has 0 atom stereocenters. The monoisotopic (exact) mass is 293 g/mol. The lowest BCUT2D eigenvalue weighted by Crippen LogP contribution is -2.14. The molecule has 2 heteroatoms. The van der Waals surface area contributed by atoms with Gasteiger partial charge in [-0.15, -0.1) is 0 Å². The Hall–Kier alpha value is -2.22. The molecule has 0 aliphatic carbocycles. The number of nitrogens with zero attached hydrogens (tertiary/aromatic N) is 1. The number of Topliss-reactive ketones (excluding diaryl/α,β-unsaturated/α-hetero) is 1. The highest BCUT2D eigenvalue weighted by Gasteiger charge is 2.11. The van der Waals surface area contributed by atoms with E-state index < -0.39 is 0 Å². The van der Waals surface area contributed by atoms with Gasteiger partial charge in [0.2, 0.25) is 0 Å². The van der Waals surface area contributed by atoms with Gasteiger partial charge in [-0.1, -0.05) is 55.5 Å². The van der Waals surface area contributed by atoms with E-state index in [0.717, 1.165) is 23.2 Å². The maximum Gasteiger partial charge on any atom is 0.176 e. The summed E-state index contributed by atoms with van der Waals surface area (Å²) in [6.45, 7) is 5.97. The van der Waals surface area contributed by atoms with Crippen LogP contribution in [0.1, 0.15) is 36.5 Å². The van der Waals surface area contributed by atoms with Crippen LogP contribution in [0.15, 0.2) is 53.5 Å². The lowest BCUT2D eigenvalue weighted by Gasteiger charge is -2.09. The minimum Gasteiger partial charge on any atom is -0.293 e. The predicted molar refractivity (Wildman–Crippen MR) is 93.1 cm³/mol. The summed E-state index contributed by atoms with van der Waals surface area (Å²) < 4.78 is 0. The van der Waals surface area contributed by atoms with E-state index in [1.807, 2.05) is 57.2 Å². The number of benzene rings is 2. The van der Waals surface area contributed by atoms with Crippen molar-refractivity contribution >= 4 is 17.2 Å². The van der Waals surface area contributed by atoms with Gasteiger partial charge in [0.05, 0.1) is 11.4 Å². The molecule has 0 aliphatic rings. The van der Waals surface area contributed by atoms with E-state index in [1.165, 1.54) is 5.56 Å². The normalized spacial score (nSPS) is 11.5. The summed E-state index contributed by atoms with van der Waals surface area (Å²) >= 11 is 0. The first-order valence-electron chi connectivity index (χ1n) is 7.82. The van der Waals surface area contributed by atoms with Crippen LogP contribution in [0.2, 0.25) is 0 Å². The lowest BCUT2D eigenvalue weighted by molar-refractivity contribution is -0.112. The second-order valence-electron chi connectivity index (χ2n) is 5.56. The van der Waals surface area contributed by atoms with Gasteiger partial charge < -0.3 is 0 Å². The van der Waals surface area contributed by atoms with Gasteiger partial charge in [-0.05, 0) is 43.4 Å². The summed E-state index contributed by atoms with van der Waals surface area (Å²) in [6.07, 6.45) is 2.03. The molecule has 0 saturated heterocycles. The lowest BCUT2D eigenvalue weighted by atomic mass is 10.0. The van der Waals surface area contributed by atoms with Crippen molar-refractivity contribution in [2.24, 2.45) is 4.99 Å². The Labute approximate surface area is 132 Å². The van der Waals surface area contributed by atoms with Crippen LogP contribution in [0.25, 0.3) is 0 Å². The number of carbonyl (C=O) groups excluding carboxylic acids is 1. The van der Waals surface area contributed by atoms with Gasteiger partial charge in [0.25, 0.3) is 0 Å². The number of hydrogen-bond acceptors (Lipinski definition) is 2. The van der Waals surface area contributed by atoms with Crippen molar-refractivity contribution in [3.8, 4) is 0 Å². The Kier molecular flexibility index (Phi) is 5.65. The first kappa shape index (κ1) is 16.2. The van der Waals surface area contributed by atoms with E-state index >= 15 is 0 Å². The van der Waals surface area contributed by atoms with E-state index in [1.54, 1.807) is 0 Å². The molecule has 2 rings (SSSR count). The average molecular weight is 293 g/mol. The van der Waals surface area contributed by atoms with Gasteiger partial charge in [0, 0.05) is 6.42 Å². The Morgan fingerprint density at radius 1 is 0.955 bits per heavy atom. The smallest absolute Gasteiger partial charge is 0.176 e. The fraction of sp³-hybridized carbons (Fsp3) is 0.300. The van der Waals surface area contributed by atoms with Gasteiger partial charge in [-0.3, -0.25) is 4.79 Å². The second kappa shape index (κ2) is 7.69. The minimum atomic E-state index is 0.138. The Bertz CT molecular complexity index is 651. The molecule has 22 heavy (non-hydrogen) atoms. The number of hydrogen-bond donors (Lipinski definition) is 0. The quantitative estimate of drug-likeness (QED) is 0.690. The van der Waals surface area contributed by atoms with Crippen molar-refractivity contribution in [2.75, 3.05) is 0 Å². The molecule has 2 nitrogen and oxygen atoms in total. The number of carbonyl (C=O) groups is 1. The van der Waals surface area contributed by atoms with E-state index in [4.69, 9.17) is 4.99 Å². The van der Waals surface area contributed by atoms with E-state index in [9.17, 15) is 4.79 Å². The molecule has 0 N–H and O–H groups in total. The molecule has 114 valence electrons. The zero-order valence-corrected chi connectivity index (χ0v) is 13.6. The summed E-state index contributed by atoms with van der Waals surface area (Å²) in [5.41, 5.74) is 5.08. The molecule has 0 radical (unpaired) electrons. The first-order chi connectivity index (χ1) is 10.6. The third kappa shape index (κ3) is 4.14. The van der Waals surface area contributed by atoms with Crippen LogP contribution < -0.4 is 0 Å². The number of ketones is 1. The molecular formula is C20H23NO. The molecule has 2 aromatic rings. The van der Waals surface area contributed by atoms with Gasteiger partial charge in [-0.2, -0.15) is 0 Å². The second-order valence-corrected chi connectivity index (χ2v) is 5.56. The molecule has 0 spiro atoms. The van der Waals surface area contributed by atoms with Gasteiger partial charge in [-0.25, -0.2) is 4.99 Å². The Balaban J connectivity index is 2.26. The third-order valence-electron chi connectivity index (χ3n) is 3.82. The minimum absolute atomic E-state index is 0.138. The van der Waals surface area contributed by atoms with Crippen molar-refractivity contribution in [3.63, 3.8) is 0 Å². The van der Waals surface area contributed by atoms with Crippen LogP contribution in [0.3, 0.4) is 0 Å². The number of aryl methyl sites for hydroxylation is 3. The van der Waals surface area contributed by atoms with E-state index in [2.05, 4.69) is 12.1 Å². The number of para-hydroxylation sites is 1. The largest absolute Gasteiger partial charge is 0.293 e. The molecule has 0 aromatic heterocycles. The summed E-state index contributed by atoms with van der Waals surface area (Å²) in [5, 5.41) is 0. The molecule has 0 amide bonds. The highest BCUT2D eigenvalue weighted by Crippen LogP contribution is 2.24. The van der Waals surface area contributed by atoms with Gasteiger partial charge in [0.15, 0.2) is 5.78 Å². The molecule has 0 heterocycles. The molecule has 0 unspecified atom stereocenters. The topological polar surface area (TPSA) is 29.4 Å². The molecular weight excluding hydrogens is 270 g/mol. The van der Waals surface area contributed by atoms with Crippen molar-refractivity contribution in [2.45, 2.75) is 40.0 Å². The maximum absolute atomic E-state index is 12.2. The molecule has 0 bridgehead atoms. The van der Waals surface area contributed by atoms with Crippen LogP contribution in [-0.4, -0.2) is 11.5 Å². The molecule has 0 fully saturated rings. The summed E-state index contributed by atoms with van der Waals surface area (Å²) in [4.78, 5) is 16.9. The SMILES string of the molecule is CCC(=O)C(CCc1ccccc1)=Nc1c(C)cccc1C. The Morgan fingerprint density at radius 3 is 2.18 bits per heavy atom. The van der Waals surface area contributed by atoms with Crippen LogP contribution in [0.4, 0.5) is 5.69 Å². The fourth-order valence-corrected chi connectivity index (χ4v) is 2.49. The average Bonchev–Trinajstić information content (AvgIpc) is 2.54. The third-order valence-corrected chi connectivity index (χ3v) is 3.82. The predicted octanol–water partition coefficient (Wildman–Crippen LogP) is 4.99. The standard InChI is InChI=1S/C20H23NO/c1-4-19(22)18(14-13-17-11-6-5-7-12-17)21-20-15(2)9-8-10-16(20)3/h5-12H,4,13-14H2,1-3H3. The highest BCUT2D eigenvalue weighted by molar-refractivity contribution is 6.40. The van der Waals surface area contributed by atoms with Gasteiger partial charge in [0.1, 0.15) is 0 Å². The number of aliphatic imine (C=N–C) groups is 1. The van der Waals surface area contributed by atoms with Crippen LogP contribution in [-0.2, 0) is 11.2 Å². The van der Waals surface area contributed by atoms with Crippen LogP contribution >= 0.6 is 0 Å². The van der Waals surface area contributed by atoms with Crippen LogP contribution in [0, 0.1) is 13.8 Å². The van der Waals surface area contributed by atoms with Crippen molar-refractivity contribution in [3.05, 3.63) is 65.2 Å². The van der Waals surface area contributed by atoms with E-state index in [0.29, 0.717) is 18.6 Å². The van der Waals surface area contributed by atoms with Crippen molar-refractivity contribution < 1.29 is 4.79 Å². The first-order valence-corrected chi connectivity index (χ1v) is 7.82. The maximum atomic E-state index is 12.2. The molecule has 0 aliphatic heterocycles. The molecule has 2 aromatic carbocycles. The summed E-state index contributed by atoms with van der Waals surface area (Å²) in [6, 6.07) is 16.3. The highest BCUT2D eigenvalue weighted by atomic mass is 16.1.